The maximum atomic E-state index is 12.4. The molecule has 26 heavy (non-hydrogen) atoms. The van der Waals surface area contributed by atoms with Gasteiger partial charge in [0.05, 0.1) is 7.11 Å². The van der Waals surface area contributed by atoms with Gasteiger partial charge in [0.25, 0.3) is 0 Å². The van der Waals surface area contributed by atoms with Crippen molar-refractivity contribution in [3.63, 3.8) is 0 Å². The second-order valence-corrected chi connectivity index (χ2v) is 6.07. The van der Waals surface area contributed by atoms with Crippen LogP contribution in [0.15, 0.2) is 48.5 Å². The van der Waals surface area contributed by atoms with Gasteiger partial charge in [-0.25, -0.2) is 4.79 Å². The van der Waals surface area contributed by atoms with Crippen LogP contribution in [-0.4, -0.2) is 30.6 Å². The van der Waals surface area contributed by atoms with Gasteiger partial charge < -0.3 is 14.6 Å². The zero-order valence-electron chi connectivity index (χ0n) is 15.1. The summed E-state index contributed by atoms with van der Waals surface area (Å²) in [6.45, 7) is 3.78. The number of carbonyl (C=O) groups excluding carboxylic acids is 1. The van der Waals surface area contributed by atoms with Crippen LogP contribution in [0, 0.1) is 0 Å². The summed E-state index contributed by atoms with van der Waals surface area (Å²) in [4.78, 5) is 23.0. The van der Waals surface area contributed by atoms with E-state index in [2.05, 4.69) is 13.8 Å². The zero-order valence-corrected chi connectivity index (χ0v) is 15.1. The minimum Gasteiger partial charge on any atom is -0.493 e. The Morgan fingerprint density at radius 3 is 2.35 bits per heavy atom. The van der Waals surface area contributed by atoms with Gasteiger partial charge in [-0.1, -0.05) is 44.2 Å². The third-order valence-electron chi connectivity index (χ3n) is 3.83. The molecule has 2 aromatic carbocycles. The summed E-state index contributed by atoms with van der Waals surface area (Å²) in [5.41, 5.74) is 2.62. The number of hydrogen-bond donors (Lipinski definition) is 1. The van der Waals surface area contributed by atoms with Crippen molar-refractivity contribution in [1.29, 1.82) is 0 Å². The van der Waals surface area contributed by atoms with Crippen LogP contribution < -0.4 is 9.47 Å². The summed E-state index contributed by atoms with van der Waals surface area (Å²) in [5.74, 6) is -0.213. The highest BCUT2D eigenvalue weighted by atomic mass is 16.5. The van der Waals surface area contributed by atoms with Crippen molar-refractivity contribution in [2.45, 2.75) is 19.8 Å². The molecule has 0 aliphatic heterocycles. The topological polar surface area (TPSA) is 72.8 Å². The van der Waals surface area contributed by atoms with Crippen LogP contribution in [-0.2, 0) is 4.79 Å². The van der Waals surface area contributed by atoms with Gasteiger partial charge in [-0.2, -0.15) is 0 Å². The molecule has 5 heteroatoms. The van der Waals surface area contributed by atoms with Gasteiger partial charge in [0.1, 0.15) is 0 Å². The van der Waals surface area contributed by atoms with Gasteiger partial charge in [-0.3, -0.25) is 4.79 Å². The van der Waals surface area contributed by atoms with Gasteiger partial charge in [-0.15, -0.1) is 0 Å². The Hall–Kier alpha value is -3.08. The minimum atomic E-state index is -1.08. The fraction of sp³-hybridized carbons (Fsp3) is 0.238. The molecular weight excluding hydrogens is 332 g/mol. The summed E-state index contributed by atoms with van der Waals surface area (Å²) in [7, 11) is 1.43. The van der Waals surface area contributed by atoms with Crippen molar-refractivity contribution in [2.24, 2.45) is 0 Å². The van der Waals surface area contributed by atoms with Crippen LogP contribution in [0.3, 0.4) is 0 Å². The molecule has 0 saturated heterocycles. The predicted molar refractivity (Wildman–Crippen MR) is 100 cm³/mol. The van der Waals surface area contributed by atoms with Gasteiger partial charge in [0.2, 0.25) is 0 Å². The standard InChI is InChI=1S/C21H22O5/c1-14(2)16-7-4-15(5-8-16)6-10-18(22)17-9-11-19(20(12-17)25-3)26-13-21(23)24/h4-12,14H,13H2,1-3H3,(H,23,24). The molecule has 0 aromatic heterocycles. The van der Waals surface area contributed by atoms with Crippen LogP contribution >= 0.6 is 0 Å². The Kier molecular flexibility index (Phi) is 6.55. The lowest BCUT2D eigenvalue weighted by atomic mass is 10.0. The molecule has 0 unspecified atom stereocenters. The molecule has 2 aromatic rings. The summed E-state index contributed by atoms with van der Waals surface area (Å²) in [6, 6.07) is 12.7. The van der Waals surface area contributed by atoms with Crippen molar-refractivity contribution in [2.75, 3.05) is 13.7 Å². The van der Waals surface area contributed by atoms with Gasteiger partial charge in [-0.05, 0) is 41.3 Å². The number of ketones is 1. The Balaban J connectivity index is 2.12. The Morgan fingerprint density at radius 2 is 1.77 bits per heavy atom. The second-order valence-electron chi connectivity index (χ2n) is 6.07. The van der Waals surface area contributed by atoms with E-state index in [0.717, 1.165) is 5.56 Å². The molecule has 0 radical (unpaired) electrons. The molecule has 0 aliphatic rings. The average molecular weight is 354 g/mol. The van der Waals surface area contributed by atoms with Crippen molar-refractivity contribution < 1.29 is 24.2 Å². The van der Waals surface area contributed by atoms with E-state index in [9.17, 15) is 9.59 Å². The summed E-state index contributed by atoms with van der Waals surface area (Å²) < 4.78 is 10.3. The Bertz CT molecular complexity index is 804. The highest BCUT2D eigenvalue weighted by molar-refractivity contribution is 6.07. The van der Waals surface area contributed by atoms with E-state index in [-0.39, 0.29) is 11.5 Å². The molecule has 0 saturated carbocycles. The van der Waals surface area contributed by atoms with Crippen LogP contribution in [0.4, 0.5) is 0 Å². The number of carbonyl (C=O) groups is 2. The highest BCUT2D eigenvalue weighted by Crippen LogP contribution is 2.28. The molecule has 0 atom stereocenters. The van der Waals surface area contributed by atoms with Gasteiger partial charge >= 0.3 is 5.97 Å². The smallest absolute Gasteiger partial charge is 0.341 e. The first kappa shape index (κ1) is 19.2. The first-order valence-corrected chi connectivity index (χ1v) is 8.25. The zero-order chi connectivity index (χ0) is 19.1. The molecule has 5 nitrogen and oxygen atoms in total. The number of rotatable bonds is 8. The molecule has 0 spiro atoms. The monoisotopic (exact) mass is 354 g/mol. The molecule has 2 rings (SSSR count). The third kappa shape index (κ3) is 5.21. The number of allylic oxidation sites excluding steroid dienone is 1. The van der Waals surface area contributed by atoms with E-state index >= 15 is 0 Å². The fourth-order valence-electron chi connectivity index (χ4n) is 2.34. The molecule has 0 bridgehead atoms. The van der Waals surface area contributed by atoms with E-state index in [1.54, 1.807) is 12.1 Å². The average Bonchev–Trinajstić information content (AvgIpc) is 2.64. The molecule has 136 valence electrons. The normalized spacial score (nSPS) is 10.9. The SMILES string of the molecule is COc1cc(C(=O)C=Cc2ccc(C(C)C)cc2)ccc1OCC(=O)O. The predicted octanol–water partition coefficient (Wildman–Crippen LogP) is 4.18. The van der Waals surface area contributed by atoms with E-state index in [1.807, 2.05) is 24.3 Å². The van der Waals surface area contributed by atoms with Crippen molar-refractivity contribution in [1.82, 2.24) is 0 Å². The molecular formula is C21H22O5. The number of hydrogen-bond acceptors (Lipinski definition) is 4. The quantitative estimate of drug-likeness (QED) is 0.569. The van der Waals surface area contributed by atoms with Gasteiger partial charge in [0.15, 0.2) is 23.9 Å². The van der Waals surface area contributed by atoms with Crippen molar-refractivity contribution >= 4 is 17.8 Å². The number of carboxylic acids is 1. The largest absolute Gasteiger partial charge is 0.493 e. The first-order chi connectivity index (χ1) is 12.4. The number of aliphatic carboxylic acids is 1. The molecule has 0 aliphatic carbocycles. The lowest BCUT2D eigenvalue weighted by Gasteiger charge is -2.10. The van der Waals surface area contributed by atoms with Crippen LogP contribution in [0.5, 0.6) is 11.5 Å². The summed E-state index contributed by atoms with van der Waals surface area (Å²) in [6.07, 6.45) is 3.25. The third-order valence-corrected chi connectivity index (χ3v) is 3.83. The van der Waals surface area contributed by atoms with Crippen LogP contribution in [0.2, 0.25) is 0 Å². The van der Waals surface area contributed by atoms with Crippen molar-refractivity contribution in [3.05, 3.63) is 65.2 Å². The Labute approximate surface area is 152 Å². The first-order valence-electron chi connectivity index (χ1n) is 8.25. The molecule has 0 amide bonds. The number of carboxylic acid groups (broad SMARTS) is 1. The minimum absolute atomic E-state index is 0.180. The molecule has 0 fully saturated rings. The summed E-state index contributed by atoms with van der Waals surface area (Å²) >= 11 is 0. The Morgan fingerprint density at radius 1 is 1.08 bits per heavy atom. The van der Waals surface area contributed by atoms with Gasteiger partial charge in [0, 0.05) is 5.56 Å². The lowest BCUT2D eigenvalue weighted by molar-refractivity contribution is -0.139. The fourth-order valence-corrected chi connectivity index (χ4v) is 2.34. The van der Waals surface area contributed by atoms with Crippen LogP contribution in [0.25, 0.3) is 6.08 Å². The molecule has 1 N–H and O–H groups in total. The van der Waals surface area contributed by atoms with E-state index in [4.69, 9.17) is 14.6 Å². The maximum absolute atomic E-state index is 12.4. The van der Waals surface area contributed by atoms with E-state index < -0.39 is 12.6 Å². The summed E-state index contributed by atoms with van der Waals surface area (Å²) in [5, 5.41) is 8.68. The number of methoxy groups -OCH3 is 1. The second kappa shape index (κ2) is 8.85. The van der Waals surface area contributed by atoms with Crippen LogP contribution in [0.1, 0.15) is 41.3 Å². The van der Waals surface area contributed by atoms with Crippen molar-refractivity contribution in [3.8, 4) is 11.5 Å². The number of benzene rings is 2. The molecule has 0 heterocycles. The lowest BCUT2D eigenvalue weighted by Crippen LogP contribution is -2.10. The maximum Gasteiger partial charge on any atom is 0.341 e. The van der Waals surface area contributed by atoms with E-state index in [1.165, 1.54) is 30.9 Å². The van der Waals surface area contributed by atoms with E-state index in [0.29, 0.717) is 17.2 Å². The highest BCUT2D eigenvalue weighted by Gasteiger charge is 2.10. The number of ether oxygens (including phenoxy) is 2.